The van der Waals surface area contributed by atoms with Crippen molar-refractivity contribution >= 4 is 29.0 Å². The number of para-hydroxylation sites is 2. The summed E-state index contributed by atoms with van der Waals surface area (Å²) >= 11 is 1.43. The van der Waals surface area contributed by atoms with Crippen molar-refractivity contribution in [1.29, 1.82) is 0 Å². The van der Waals surface area contributed by atoms with Crippen LogP contribution >= 0.6 is 11.8 Å². The lowest BCUT2D eigenvalue weighted by Crippen LogP contribution is -2.27. The van der Waals surface area contributed by atoms with Crippen molar-refractivity contribution in [1.82, 2.24) is 14.8 Å². The SMILES string of the molecule is CCn1c(SCC(=O)N(c2ccccc2)c2ccccc2)nnc1C(C)C. The Morgan fingerprint density at radius 2 is 1.56 bits per heavy atom. The van der Waals surface area contributed by atoms with Gasteiger partial charge >= 0.3 is 0 Å². The van der Waals surface area contributed by atoms with Crippen LogP contribution in [0.3, 0.4) is 0 Å². The van der Waals surface area contributed by atoms with Crippen LogP contribution < -0.4 is 4.90 Å². The van der Waals surface area contributed by atoms with Crippen molar-refractivity contribution in [3.63, 3.8) is 0 Å². The zero-order chi connectivity index (χ0) is 19.2. The fraction of sp³-hybridized carbons (Fsp3) is 0.286. The van der Waals surface area contributed by atoms with Gasteiger partial charge in [0.25, 0.3) is 0 Å². The topological polar surface area (TPSA) is 51.0 Å². The zero-order valence-corrected chi connectivity index (χ0v) is 16.7. The number of carbonyl (C=O) groups is 1. The van der Waals surface area contributed by atoms with Crippen LogP contribution in [0.2, 0.25) is 0 Å². The largest absolute Gasteiger partial charge is 0.306 e. The highest BCUT2D eigenvalue weighted by Gasteiger charge is 2.20. The maximum atomic E-state index is 13.1. The second-order valence-electron chi connectivity index (χ2n) is 6.43. The summed E-state index contributed by atoms with van der Waals surface area (Å²) in [5, 5.41) is 9.37. The summed E-state index contributed by atoms with van der Waals surface area (Å²) in [5.74, 6) is 1.55. The van der Waals surface area contributed by atoms with Gasteiger partial charge in [0.1, 0.15) is 5.82 Å². The van der Waals surface area contributed by atoms with Crippen molar-refractivity contribution in [2.45, 2.75) is 38.4 Å². The summed E-state index contributed by atoms with van der Waals surface area (Å²) in [4.78, 5) is 14.9. The van der Waals surface area contributed by atoms with E-state index >= 15 is 0 Å². The summed E-state index contributed by atoms with van der Waals surface area (Å²) in [6, 6.07) is 19.4. The Balaban J connectivity index is 1.82. The highest BCUT2D eigenvalue weighted by molar-refractivity contribution is 7.99. The van der Waals surface area contributed by atoms with Gasteiger partial charge in [-0.05, 0) is 31.2 Å². The predicted octanol–water partition coefficient (Wildman–Crippen LogP) is 4.88. The first-order chi connectivity index (χ1) is 13.1. The smallest absolute Gasteiger partial charge is 0.242 e. The zero-order valence-electron chi connectivity index (χ0n) is 15.9. The molecule has 3 rings (SSSR count). The maximum absolute atomic E-state index is 13.1. The van der Waals surface area contributed by atoms with Crippen LogP contribution in [0.15, 0.2) is 65.8 Å². The van der Waals surface area contributed by atoms with Crippen LogP contribution in [0.4, 0.5) is 11.4 Å². The molecule has 0 aliphatic heterocycles. The second-order valence-corrected chi connectivity index (χ2v) is 7.37. The van der Waals surface area contributed by atoms with E-state index in [9.17, 15) is 4.79 Å². The lowest BCUT2D eigenvalue weighted by molar-refractivity contribution is -0.115. The molecule has 140 valence electrons. The van der Waals surface area contributed by atoms with E-state index in [1.54, 1.807) is 4.90 Å². The van der Waals surface area contributed by atoms with Gasteiger partial charge in [-0.3, -0.25) is 9.69 Å². The third kappa shape index (κ3) is 4.39. The Kier molecular flexibility index (Phi) is 6.29. The Morgan fingerprint density at radius 3 is 2.04 bits per heavy atom. The molecule has 1 heterocycles. The van der Waals surface area contributed by atoms with Gasteiger partial charge in [0, 0.05) is 23.8 Å². The van der Waals surface area contributed by atoms with Crippen LogP contribution in [0.25, 0.3) is 0 Å². The Bertz CT molecular complexity index is 838. The van der Waals surface area contributed by atoms with Gasteiger partial charge in [0.05, 0.1) is 5.75 Å². The minimum absolute atomic E-state index is 0.00847. The lowest BCUT2D eigenvalue weighted by atomic mass is 10.2. The van der Waals surface area contributed by atoms with Crippen molar-refractivity contribution in [2.75, 3.05) is 10.7 Å². The van der Waals surface area contributed by atoms with Crippen LogP contribution in [0, 0.1) is 0 Å². The number of aromatic nitrogens is 3. The first kappa shape index (κ1) is 19.2. The van der Waals surface area contributed by atoms with Gasteiger partial charge in [-0.1, -0.05) is 62.0 Å². The number of anilines is 2. The molecular weight excluding hydrogens is 356 g/mol. The molecule has 0 fully saturated rings. The first-order valence-electron chi connectivity index (χ1n) is 9.10. The van der Waals surface area contributed by atoms with Crippen molar-refractivity contribution in [3.05, 3.63) is 66.5 Å². The monoisotopic (exact) mass is 380 g/mol. The van der Waals surface area contributed by atoms with Crippen molar-refractivity contribution in [3.8, 4) is 0 Å². The third-order valence-electron chi connectivity index (χ3n) is 4.18. The molecule has 0 spiro atoms. The Hall–Kier alpha value is -2.60. The van der Waals surface area contributed by atoms with E-state index in [0.717, 1.165) is 28.9 Å². The van der Waals surface area contributed by atoms with Crippen LogP contribution in [0.1, 0.15) is 32.5 Å². The number of nitrogens with zero attached hydrogens (tertiary/aromatic N) is 4. The quantitative estimate of drug-likeness (QED) is 0.548. The molecular formula is C21H24N4OS. The van der Waals surface area contributed by atoms with Gasteiger partial charge in [-0.2, -0.15) is 0 Å². The standard InChI is InChI=1S/C21H24N4OS/c1-4-24-20(16(2)3)22-23-21(24)27-15-19(26)25(17-11-7-5-8-12-17)18-13-9-6-10-14-18/h5-14,16H,4,15H2,1-3H3. The predicted molar refractivity (Wildman–Crippen MR) is 111 cm³/mol. The molecule has 0 aliphatic rings. The summed E-state index contributed by atoms with van der Waals surface area (Å²) in [6.07, 6.45) is 0. The molecule has 0 saturated carbocycles. The number of amides is 1. The molecule has 0 N–H and O–H groups in total. The summed E-state index contributed by atoms with van der Waals surface area (Å²) in [7, 11) is 0. The normalized spacial score (nSPS) is 11.0. The van der Waals surface area contributed by atoms with Gasteiger partial charge in [-0.15, -0.1) is 10.2 Å². The van der Waals surface area contributed by atoms with Gasteiger partial charge in [-0.25, -0.2) is 0 Å². The molecule has 1 aromatic heterocycles. The molecule has 5 nitrogen and oxygen atoms in total. The summed E-state index contributed by atoms with van der Waals surface area (Å²) in [5.41, 5.74) is 1.71. The van der Waals surface area contributed by atoms with Crippen LogP contribution in [-0.2, 0) is 11.3 Å². The van der Waals surface area contributed by atoms with Gasteiger partial charge in [0.2, 0.25) is 5.91 Å². The highest BCUT2D eigenvalue weighted by atomic mass is 32.2. The van der Waals surface area contributed by atoms with E-state index < -0.39 is 0 Å². The fourth-order valence-electron chi connectivity index (χ4n) is 2.91. The number of thioether (sulfide) groups is 1. The van der Waals surface area contributed by atoms with Crippen molar-refractivity contribution < 1.29 is 4.79 Å². The van der Waals surface area contributed by atoms with Gasteiger partial charge < -0.3 is 4.57 Å². The molecule has 2 aromatic carbocycles. The molecule has 27 heavy (non-hydrogen) atoms. The van der Waals surface area contributed by atoms with E-state index in [1.165, 1.54) is 11.8 Å². The minimum atomic E-state index is 0.00847. The fourth-order valence-corrected chi connectivity index (χ4v) is 3.77. The molecule has 0 radical (unpaired) electrons. The van der Waals surface area contributed by atoms with Crippen LogP contribution in [0.5, 0.6) is 0 Å². The van der Waals surface area contributed by atoms with E-state index in [-0.39, 0.29) is 5.91 Å². The average molecular weight is 381 g/mol. The molecule has 0 bridgehead atoms. The molecule has 0 atom stereocenters. The number of hydrogen-bond acceptors (Lipinski definition) is 4. The molecule has 0 unspecified atom stereocenters. The number of rotatable bonds is 7. The van der Waals surface area contributed by atoms with Crippen LogP contribution in [-0.4, -0.2) is 26.4 Å². The summed E-state index contributed by atoms with van der Waals surface area (Å²) in [6.45, 7) is 7.06. The van der Waals surface area contributed by atoms with E-state index in [4.69, 9.17) is 0 Å². The Labute approximate surface area is 164 Å². The maximum Gasteiger partial charge on any atom is 0.242 e. The minimum Gasteiger partial charge on any atom is -0.306 e. The van der Waals surface area contributed by atoms with E-state index in [2.05, 4.69) is 35.5 Å². The second kappa shape index (κ2) is 8.86. The van der Waals surface area contributed by atoms with E-state index in [1.807, 2.05) is 60.7 Å². The molecule has 6 heteroatoms. The third-order valence-corrected chi connectivity index (χ3v) is 5.13. The summed E-state index contributed by atoms with van der Waals surface area (Å²) < 4.78 is 2.08. The molecule has 0 saturated heterocycles. The molecule has 1 amide bonds. The molecule has 3 aromatic rings. The average Bonchev–Trinajstić information content (AvgIpc) is 3.11. The first-order valence-corrected chi connectivity index (χ1v) is 10.1. The number of hydrogen-bond donors (Lipinski definition) is 0. The van der Waals surface area contributed by atoms with Gasteiger partial charge in [0.15, 0.2) is 5.16 Å². The van der Waals surface area contributed by atoms with E-state index in [0.29, 0.717) is 11.7 Å². The van der Waals surface area contributed by atoms with Crippen molar-refractivity contribution in [2.24, 2.45) is 0 Å². The number of benzene rings is 2. The highest BCUT2D eigenvalue weighted by Crippen LogP contribution is 2.28. The number of carbonyl (C=O) groups excluding carboxylic acids is 1. The Morgan fingerprint density at radius 1 is 1.00 bits per heavy atom. The molecule has 0 aliphatic carbocycles. The lowest BCUT2D eigenvalue weighted by Gasteiger charge is -2.23.